The summed E-state index contributed by atoms with van der Waals surface area (Å²) in [5, 5.41) is 2.16. The average Bonchev–Trinajstić information content (AvgIpc) is 2.07. The van der Waals surface area contributed by atoms with E-state index in [1.165, 1.54) is 0 Å². The van der Waals surface area contributed by atoms with Crippen LogP contribution in [0.15, 0.2) is 33.7 Å². The number of primary amides is 1. The number of para-hydroxylation sites is 1. The predicted molar refractivity (Wildman–Crippen MR) is 58.1 cm³/mol. The quantitative estimate of drug-likeness (QED) is 0.518. The zero-order valence-corrected chi connectivity index (χ0v) is 8.78. The molecule has 0 heterocycles. The highest BCUT2D eigenvalue weighted by Gasteiger charge is 1.99. The number of rotatable bonds is 1. The zero-order valence-electron chi connectivity index (χ0n) is 7.20. The molecule has 0 saturated heterocycles. The summed E-state index contributed by atoms with van der Waals surface area (Å²) in [5.41, 5.74) is 10.9. The molecule has 0 aliphatic heterocycles. The molecule has 0 fully saturated rings. The molecule has 5 N–H and O–H groups in total. The van der Waals surface area contributed by atoms with Crippen LogP contribution in [0.3, 0.4) is 0 Å². The van der Waals surface area contributed by atoms with E-state index < -0.39 is 6.03 Å². The van der Waals surface area contributed by atoms with E-state index in [1.54, 1.807) is 12.1 Å². The number of nitrogens with one attached hydrogen (secondary N) is 1. The number of benzene rings is 1. The third-order valence-corrected chi connectivity index (χ3v) is 2.02. The molecule has 0 unspecified atom stereocenters. The minimum atomic E-state index is -0.738. The van der Waals surface area contributed by atoms with Crippen LogP contribution >= 0.6 is 15.9 Å². The van der Waals surface area contributed by atoms with Gasteiger partial charge in [-0.15, -0.1) is 0 Å². The van der Waals surface area contributed by atoms with Gasteiger partial charge in [0.25, 0.3) is 0 Å². The van der Waals surface area contributed by atoms with Gasteiger partial charge in [-0.3, -0.25) is 5.32 Å². The first-order chi connectivity index (χ1) is 6.59. The number of guanidine groups is 1. The molecule has 14 heavy (non-hydrogen) atoms. The SMILES string of the molecule is NC(=O)NC(N)=Nc1ccccc1Br. The van der Waals surface area contributed by atoms with Crippen LogP contribution < -0.4 is 16.8 Å². The zero-order chi connectivity index (χ0) is 10.6. The van der Waals surface area contributed by atoms with E-state index in [4.69, 9.17) is 11.5 Å². The molecule has 0 saturated carbocycles. The van der Waals surface area contributed by atoms with Crippen LogP contribution in [0.5, 0.6) is 0 Å². The lowest BCUT2D eigenvalue weighted by Gasteiger charge is -2.01. The highest BCUT2D eigenvalue weighted by molar-refractivity contribution is 9.10. The Morgan fingerprint density at radius 3 is 2.57 bits per heavy atom. The second kappa shape index (κ2) is 4.61. The molecule has 74 valence electrons. The standard InChI is InChI=1S/C8H9BrN4O/c9-5-3-1-2-4-6(5)12-7(10)13-8(11)14/h1-4H,(H5,10,11,12,13,14). The molecular weight excluding hydrogens is 248 g/mol. The van der Waals surface area contributed by atoms with Crippen molar-refractivity contribution in [3.8, 4) is 0 Å². The summed E-state index contributed by atoms with van der Waals surface area (Å²) in [7, 11) is 0. The highest BCUT2D eigenvalue weighted by atomic mass is 79.9. The molecule has 1 rings (SSSR count). The van der Waals surface area contributed by atoms with Crippen molar-refractivity contribution in [3.05, 3.63) is 28.7 Å². The Bertz CT molecular complexity index is 377. The predicted octanol–water partition coefficient (Wildman–Crippen LogP) is 1.06. The van der Waals surface area contributed by atoms with Crippen molar-refractivity contribution < 1.29 is 4.79 Å². The number of carbonyl (C=O) groups excluding carboxylic acids is 1. The van der Waals surface area contributed by atoms with Gasteiger partial charge in [-0.2, -0.15) is 0 Å². The van der Waals surface area contributed by atoms with Gasteiger partial charge in [0.2, 0.25) is 5.96 Å². The topological polar surface area (TPSA) is 93.5 Å². The smallest absolute Gasteiger partial charge is 0.318 e. The van der Waals surface area contributed by atoms with Crippen LogP contribution in [0.4, 0.5) is 10.5 Å². The molecular formula is C8H9BrN4O. The van der Waals surface area contributed by atoms with Gasteiger partial charge in [0.1, 0.15) is 0 Å². The maximum absolute atomic E-state index is 10.4. The van der Waals surface area contributed by atoms with Crippen molar-refractivity contribution in [2.24, 2.45) is 16.5 Å². The van der Waals surface area contributed by atoms with Gasteiger partial charge in [0.15, 0.2) is 0 Å². The fourth-order valence-electron chi connectivity index (χ4n) is 0.826. The van der Waals surface area contributed by atoms with Crippen LogP contribution in [0.25, 0.3) is 0 Å². The van der Waals surface area contributed by atoms with Gasteiger partial charge in [0, 0.05) is 4.47 Å². The molecule has 0 radical (unpaired) electrons. The van der Waals surface area contributed by atoms with E-state index in [0.717, 1.165) is 4.47 Å². The normalized spacial score (nSPS) is 11.1. The van der Waals surface area contributed by atoms with Gasteiger partial charge < -0.3 is 11.5 Å². The van der Waals surface area contributed by atoms with Crippen molar-refractivity contribution in [2.45, 2.75) is 0 Å². The number of nitrogens with two attached hydrogens (primary N) is 2. The molecule has 0 aliphatic rings. The van der Waals surface area contributed by atoms with Gasteiger partial charge in [-0.25, -0.2) is 9.79 Å². The summed E-state index contributed by atoms with van der Waals surface area (Å²) in [6.07, 6.45) is 0. The van der Waals surface area contributed by atoms with Crippen LogP contribution in [0.2, 0.25) is 0 Å². The van der Waals surface area contributed by atoms with Crippen LogP contribution in [0.1, 0.15) is 0 Å². The molecule has 0 aromatic heterocycles. The second-order valence-electron chi connectivity index (χ2n) is 2.44. The van der Waals surface area contributed by atoms with Crippen molar-refractivity contribution in [2.75, 3.05) is 0 Å². The number of carbonyl (C=O) groups is 1. The van der Waals surface area contributed by atoms with E-state index in [-0.39, 0.29) is 5.96 Å². The molecule has 0 aliphatic carbocycles. The molecule has 0 bridgehead atoms. The lowest BCUT2D eigenvalue weighted by atomic mass is 10.3. The van der Waals surface area contributed by atoms with Crippen molar-refractivity contribution in [1.29, 1.82) is 0 Å². The maximum atomic E-state index is 10.4. The van der Waals surface area contributed by atoms with Crippen LogP contribution in [-0.4, -0.2) is 12.0 Å². The summed E-state index contributed by atoms with van der Waals surface area (Å²) in [5.74, 6) is -0.0376. The van der Waals surface area contributed by atoms with Crippen molar-refractivity contribution in [3.63, 3.8) is 0 Å². The molecule has 6 heteroatoms. The third kappa shape index (κ3) is 3.06. The average molecular weight is 257 g/mol. The Labute approximate surface area is 89.3 Å². The number of halogens is 1. The van der Waals surface area contributed by atoms with Crippen molar-refractivity contribution in [1.82, 2.24) is 5.32 Å². The summed E-state index contributed by atoms with van der Waals surface area (Å²) < 4.78 is 0.786. The summed E-state index contributed by atoms with van der Waals surface area (Å²) in [4.78, 5) is 14.4. The Morgan fingerprint density at radius 1 is 1.36 bits per heavy atom. The lowest BCUT2D eigenvalue weighted by Crippen LogP contribution is -2.39. The molecule has 2 amide bonds. The minimum Gasteiger partial charge on any atom is -0.369 e. The van der Waals surface area contributed by atoms with E-state index in [9.17, 15) is 4.79 Å². The summed E-state index contributed by atoms with van der Waals surface area (Å²) in [6, 6.07) is 6.48. The first-order valence-corrected chi connectivity index (χ1v) is 4.54. The first kappa shape index (κ1) is 10.5. The van der Waals surface area contributed by atoms with Gasteiger partial charge >= 0.3 is 6.03 Å². The number of nitrogens with zero attached hydrogens (tertiary/aromatic N) is 1. The number of hydrogen-bond acceptors (Lipinski definition) is 2. The molecule has 0 spiro atoms. The third-order valence-electron chi connectivity index (χ3n) is 1.34. The highest BCUT2D eigenvalue weighted by Crippen LogP contribution is 2.23. The minimum absolute atomic E-state index is 0.0376. The number of urea groups is 1. The van der Waals surface area contributed by atoms with Crippen molar-refractivity contribution >= 4 is 33.6 Å². The Kier molecular flexibility index (Phi) is 3.47. The van der Waals surface area contributed by atoms with Crippen LogP contribution in [0, 0.1) is 0 Å². The fourth-order valence-corrected chi connectivity index (χ4v) is 1.20. The lowest BCUT2D eigenvalue weighted by molar-refractivity contribution is 0.253. The van der Waals surface area contributed by atoms with E-state index >= 15 is 0 Å². The van der Waals surface area contributed by atoms with E-state index in [2.05, 4.69) is 26.2 Å². The Balaban J connectivity index is 2.86. The van der Waals surface area contributed by atoms with E-state index in [0.29, 0.717) is 5.69 Å². The number of aliphatic imine (C=N–C) groups is 1. The van der Waals surface area contributed by atoms with Gasteiger partial charge in [-0.05, 0) is 28.1 Å². The molecule has 5 nitrogen and oxygen atoms in total. The van der Waals surface area contributed by atoms with E-state index in [1.807, 2.05) is 12.1 Å². The summed E-state index contributed by atoms with van der Waals surface area (Å²) >= 11 is 3.28. The Hall–Kier alpha value is -1.56. The Morgan fingerprint density at radius 2 is 2.00 bits per heavy atom. The van der Waals surface area contributed by atoms with Gasteiger partial charge in [0.05, 0.1) is 5.69 Å². The van der Waals surface area contributed by atoms with Crippen LogP contribution in [-0.2, 0) is 0 Å². The molecule has 0 atom stereocenters. The number of hydrogen-bond donors (Lipinski definition) is 3. The molecule has 1 aromatic carbocycles. The number of amides is 2. The molecule has 1 aromatic rings. The first-order valence-electron chi connectivity index (χ1n) is 3.75. The maximum Gasteiger partial charge on any atom is 0.318 e. The summed E-state index contributed by atoms with van der Waals surface area (Å²) in [6.45, 7) is 0. The second-order valence-corrected chi connectivity index (χ2v) is 3.29. The largest absolute Gasteiger partial charge is 0.369 e. The monoisotopic (exact) mass is 256 g/mol. The fraction of sp³-hybridized carbons (Fsp3) is 0. The van der Waals surface area contributed by atoms with Gasteiger partial charge in [-0.1, -0.05) is 12.1 Å².